The van der Waals surface area contributed by atoms with Crippen molar-refractivity contribution in [1.82, 2.24) is 25.0 Å². The van der Waals surface area contributed by atoms with Crippen LogP contribution >= 0.6 is 11.6 Å². The van der Waals surface area contributed by atoms with Crippen LogP contribution in [0.25, 0.3) is 21.8 Å². The van der Waals surface area contributed by atoms with E-state index in [9.17, 15) is 5.26 Å². The first-order valence-electron chi connectivity index (χ1n) is 11.3. The van der Waals surface area contributed by atoms with E-state index in [2.05, 4.69) is 31.6 Å². The highest BCUT2D eigenvalue weighted by Crippen LogP contribution is 2.35. The zero-order chi connectivity index (χ0) is 23.7. The first-order chi connectivity index (χ1) is 16.6. The molecule has 174 valence electrons. The summed E-state index contributed by atoms with van der Waals surface area (Å²) in [4.78, 5) is 6.91. The van der Waals surface area contributed by atoms with Crippen molar-refractivity contribution in [3.05, 3.63) is 41.2 Å². The van der Waals surface area contributed by atoms with Gasteiger partial charge < -0.3 is 15.0 Å². The predicted octanol–water partition coefficient (Wildman–Crippen LogP) is 4.41. The molecule has 0 unspecified atom stereocenters. The van der Waals surface area contributed by atoms with E-state index in [1.807, 2.05) is 42.2 Å². The van der Waals surface area contributed by atoms with Gasteiger partial charge in [0.05, 0.1) is 29.8 Å². The fraction of sp³-hybridized carbons (Fsp3) is 0.375. The molecule has 0 saturated carbocycles. The average molecular weight is 477 g/mol. The van der Waals surface area contributed by atoms with Gasteiger partial charge in [-0.1, -0.05) is 17.7 Å². The molecule has 0 amide bonds. The van der Waals surface area contributed by atoms with Crippen LogP contribution in [0.3, 0.4) is 0 Å². The van der Waals surface area contributed by atoms with Crippen molar-refractivity contribution in [2.45, 2.75) is 32.9 Å². The van der Waals surface area contributed by atoms with Crippen LogP contribution in [-0.2, 0) is 13.1 Å². The second-order valence-corrected chi connectivity index (χ2v) is 8.74. The summed E-state index contributed by atoms with van der Waals surface area (Å²) >= 11 is 6.31. The third-order valence-corrected chi connectivity index (χ3v) is 6.64. The molecule has 0 atom stereocenters. The lowest BCUT2D eigenvalue weighted by Gasteiger charge is -2.30. The van der Waals surface area contributed by atoms with Crippen LogP contribution in [0.15, 0.2) is 30.6 Å². The third kappa shape index (κ3) is 3.94. The number of nitrogens with zero attached hydrogens (tertiary/aromatic N) is 7. The topological polar surface area (TPSA) is 105 Å². The largest absolute Gasteiger partial charge is 0.495 e. The number of hydrogen-bond donors (Lipinski definition) is 1. The Morgan fingerprint density at radius 2 is 2.03 bits per heavy atom. The number of rotatable bonds is 6. The standard InChI is InChI=1S/C24H25ClN8O/c1-3-33-23-18(14-29-33)21-17(13-28-23)24(32-8-6-15(11-26)7-9-32)31-30-22(21)27-12-16-4-5-20(34-2)19(25)10-16/h4-5,10,13-15H,3,6-9,12H2,1-2H3,(H,27,30). The quantitative estimate of drug-likeness (QED) is 0.436. The molecule has 10 heteroatoms. The number of hydrogen-bond acceptors (Lipinski definition) is 8. The number of methoxy groups -OCH3 is 1. The lowest BCUT2D eigenvalue weighted by atomic mass is 9.98. The van der Waals surface area contributed by atoms with Crippen LogP contribution in [0.2, 0.25) is 5.02 Å². The number of halogens is 1. The Hall–Kier alpha value is -3.64. The summed E-state index contributed by atoms with van der Waals surface area (Å²) in [6, 6.07) is 8.08. The van der Waals surface area contributed by atoms with Gasteiger partial charge in [-0.2, -0.15) is 10.4 Å². The number of aromatic nitrogens is 5. The number of piperidine rings is 1. The molecule has 1 aliphatic heterocycles. The van der Waals surface area contributed by atoms with Crippen LogP contribution in [0.1, 0.15) is 25.3 Å². The number of anilines is 2. The summed E-state index contributed by atoms with van der Waals surface area (Å²) in [5, 5.41) is 29.7. The molecule has 0 spiro atoms. The van der Waals surface area contributed by atoms with Gasteiger partial charge in [-0.05, 0) is 37.5 Å². The highest BCUT2D eigenvalue weighted by atomic mass is 35.5. The molecular formula is C24H25ClN8O. The molecule has 4 heterocycles. The van der Waals surface area contributed by atoms with Gasteiger partial charge in [-0.15, -0.1) is 10.2 Å². The minimum Gasteiger partial charge on any atom is -0.495 e. The van der Waals surface area contributed by atoms with Gasteiger partial charge in [0.15, 0.2) is 17.3 Å². The van der Waals surface area contributed by atoms with E-state index in [4.69, 9.17) is 21.3 Å². The molecule has 5 rings (SSSR count). The van der Waals surface area contributed by atoms with Crippen LogP contribution in [0.4, 0.5) is 11.6 Å². The molecule has 34 heavy (non-hydrogen) atoms. The predicted molar refractivity (Wildman–Crippen MR) is 132 cm³/mol. The van der Waals surface area contributed by atoms with Gasteiger partial charge in [0.25, 0.3) is 0 Å². The monoisotopic (exact) mass is 476 g/mol. The maximum absolute atomic E-state index is 9.26. The van der Waals surface area contributed by atoms with E-state index >= 15 is 0 Å². The number of aryl methyl sites for hydroxylation is 1. The van der Waals surface area contributed by atoms with Crippen LogP contribution in [-0.4, -0.2) is 45.2 Å². The van der Waals surface area contributed by atoms with E-state index in [1.54, 1.807) is 7.11 Å². The number of pyridine rings is 1. The van der Waals surface area contributed by atoms with E-state index in [-0.39, 0.29) is 5.92 Å². The van der Waals surface area contributed by atoms with Crippen molar-refractivity contribution in [2.24, 2.45) is 5.92 Å². The molecule has 0 bridgehead atoms. The zero-order valence-electron chi connectivity index (χ0n) is 19.1. The van der Waals surface area contributed by atoms with E-state index in [0.717, 1.165) is 65.7 Å². The molecule has 1 N–H and O–H groups in total. The first-order valence-corrected chi connectivity index (χ1v) is 11.7. The minimum atomic E-state index is 0.0975. The molecule has 0 aliphatic carbocycles. The van der Waals surface area contributed by atoms with Crippen molar-refractivity contribution >= 4 is 45.0 Å². The fourth-order valence-corrected chi connectivity index (χ4v) is 4.75. The number of fused-ring (bicyclic) bond motifs is 3. The lowest BCUT2D eigenvalue weighted by molar-refractivity contribution is 0.415. The lowest BCUT2D eigenvalue weighted by Crippen LogP contribution is -2.34. The Morgan fingerprint density at radius 3 is 2.74 bits per heavy atom. The summed E-state index contributed by atoms with van der Waals surface area (Å²) in [6.07, 6.45) is 5.35. The van der Waals surface area contributed by atoms with Crippen molar-refractivity contribution in [2.75, 3.05) is 30.4 Å². The highest BCUT2D eigenvalue weighted by Gasteiger charge is 2.24. The van der Waals surface area contributed by atoms with Crippen molar-refractivity contribution < 1.29 is 4.74 Å². The second kappa shape index (κ2) is 9.31. The molecule has 1 aromatic carbocycles. The van der Waals surface area contributed by atoms with Crippen LogP contribution in [0, 0.1) is 17.2 Å². The summed E-state index contributed by atoms with van der Waals surface area (Å²) in [6.45, 7) is 4.82. The number of benzene rings is 1. The van der Waals surface area contributed by atoms with Gasteiger partial charge in [0, 0.05) is 49.1 Å². The smallest absolute Gasteiger partial charge is 0.160 e. The fourth-order valence-electron chi connectivity index (χ4n) is 4.47. The summed E-state index contributed by atoms with van der Waals surface area (Å²) in [5.74, 6) is 2.20. The highest BCUT2D eigenvalue weighted by molar-refractivity contribution is 6.32. The van der Waals surface area contributed by atoms with Gasteiger partial charge in [0.1, 0.15) is 5.75 Å². The summed E-state index contributed by atoms with van der Waals surface area (Å²) in [5.41, 5.74) is 1.81. The van der Waals surface area contributed by atoms with Crippen molar-refractivity contribution in [1.29, 1.82) is 5.26 Å². The maximum Gasteiger partial charge on any atom is 0.160 e. The van der Waals surface area contributed by atoms with E-state index in [0.29, 0.717) is 23.1 Å². The first kappa shape index (κ1) is 22.2. The molecule has 9 nitrogen and oxygen atoms in total. The number of ether oxygens (including phenoxy) is 1. The van der Waals surface area contributed by atoms with E-state index in [1.165, 1.54) is 0 Å². The normalized spacial score (nSPS) is 14.5. The Morgan fingerprint density at radius 1 is 1.21 bits per heavy atom. The van der Waals surface area contributed by atoms with Crippen LogP contribution < -0.4 is 15.0 Å². The van der Waals surface area contributed by atoms with E-state index < -0.39 is 0 Å². The van der Waals surface area contributed by atoms with Crippen LogP contribution in [0.5, 0.6) is 5.75 Å². The minimum absolute atomic E-state index is 0.0975. The third-order valence-electron chi connectivity index (χ3n) is 6.34. The molecule has 4 aromatic rings. The molecule has 1 saturated heterocycles. The Balaban J connectivity index is 1.55. The van der Waals surface area contributed by atoms with Crippen molar-refractivity contribution in [3.63, 3.8) is 0 Å². The Labute approximate surface area is 202 Å². The van der Waals surface area contributed by atoms with Gasteiger partial charge in [-0.25, -0.2) is 9.67 Å². The summed E-state index contributed by atoms with van der Waals surface area (Å²) in [7, 11) is 1.60. The maximum atomic E-state index is 9.26. The Bertz CT molecular complexity index is 1390. The SMILES string of the molecule is CCn1ncc2c3c(NCc4ccc(OC)c(Cl)c4)nnc(N4CCC(C#N)CC4)c3cnc21. The molecule has 1 fully saturated rings. The Kier molecular flexibility index (Phi) is 6.07. The zero-order valence-corrected chi connectivity index (χ0v) is 19.9. The summed E-state index contributed by atoms with van der Waals surface area (Å²) < 4.78 is 7.13. The molecule has 0 radical (unpaired) electrons. The molecular weight excluding hydrogens is 452 g/mol. The number of nitriles is 1. The van der Waals surface area contributed by atoms with Gasteiger partial charge in [0.2, 0.25) is 0 Å². The average Bonchev–Trinajstić information content (AvgIpc) is 3.31. The second-order valence-electron chi connectivity index (χ2n) is 8.33. The molecule has 3 aromatic heterocycles. The van der Waals surface area contributed by atoms with Gasteiger partial charge in [-0.3, -0.25) is 0 Å². The van der Waals surface area contributed by atoms with Gasteiger partial charge >= 0.3 is 0 Å². The number of nitrogens with one attached hydrogen (secondary N) is 1. The molecule has 1 aliphatic rings. The van der Waals surface area contributed by atoms with Crippen molar-refractivity contribution in [3.8, 4) is 11.8 Å².